The molecule has 4 saturated carbocycles. The monoisotopic (exact) mass is 442 g/mol. The number of benzene rings is 1. The summed E-state index contributed by atoms with van der Waals surface area (Å²) in [5.41, 5.74) is -0.259. The van der Waals surface area contributed by atoms with E-state index in [1.54, 1.807) is 11.0 Å². The molecule has 0 unspecified atom stereocenters. The molecule has 0 radical (unpaired) electrons. The van der Waals surface area contributed by atoms with Crippen LogP contribution in [0.5, 0.6) is 0 Å². The fraction of sp³-hybridized carbons (Fsp3) is 0.640. The van der Waals surface area contributed by atoms with Crippen molar-refractivity contribution in [3.63, 3.8) is 0 Å². The van der Waals surface area contributed by atoms with E-state index >= 15 is 0 Å². The van der Waals surface area contributed by atoms with Crippen LogP contribution in [0.3, 0.4) is 0 Å². The summed E-state index contributed by atoms with van der Waals surface area (Å²) in [6.45, 7) is 2.03. The summed E-state index contributed by atoms with van der Waals surface area (Å²) in [4.78, 5) is 40.8. The molecule has 0 aromatic heterocycles. The van der Waals surface area contributed by atoms with E-state index in [0.29, 0.717) is 30.7 Å². The Bertz CT molecular complexity index is 897. The van der Waals surface area contributed by atoms with E-state index < -0.39 is 29.8 Å². The van der Waals surface area contributed by atoms with Crippen molar-refractivity contribution in [2.24, 2.45) is 23.2 Å². The number of para-hydroxylation sites is 1. The highest BCUT2D eigenvalue weighted by molar-refractivity contribution is 5.96. The van der Waals surface area contributed by atoms with Gasteiger partial charge in [-0.25, -0.2) is 9.18 Å². The molecule has 4 aliphatic carbocycles. The van der Waals surface area contributed by atoms with Gasteiger partial charge < -0.3 is 15.0 Å². The number of nitrogens with zero attached hydrogens (tertiary/aromatic N) is 1. The molecule has 6 rings (SSSR count). The molecule has 172 valence electrons. The third kappa shape index (κ3) is 3.80. The largest absolute Gasteiger partial charge is 0.451 e. The van der Waals surface area contributed by atoms with Gasteiger partial charge in [0.25, 0.3) is 5.91 Å². The summed E-state index contributed by atoms with van der Waals surface area (Å²) in [7, 11) is 0. The zero-order chi connectivity index (χ0) is 22.5. The first-order valence-corrected chi connectivity index (χ1v) is 11.9. The lowest BCUT2D eigenvalue weighted by molar-refractivity contribution is -0.168. The Labute approximate surface area is 187 Å². The van der Waals surface area contributed by atoms with E-state index in [1.807, 2.05) is 0 Å². The van der Waals surface area contributed by atoms with Gasteiger partial charge in [-0.3, -0.25) is 9.59 Å². The standard InChI is InChI=1S/C25H31FN2O4/c1-15(22(29)27-20-6-3-2-5-19(20)26)32-23(30)21-7-4-8-28(21)24(31)25-12-16-9-17(13-25)11-18(10-16)14-25/h2-3,5-6,15-18,21H,4,7-14H2,1H3,(H,27,29)/t15-,16?,17?,18?,21-,25?/m1/s1. The van der Waals surface area contributed by atoms with Gasteiger partial charge >= 0.3 is 5.97 Å². The fourth-order valence-electron chi connectivity index (χ4n) is 7.04. The number of esters is 1. The van der Waals surface area contributed by atoms with Gasteiger partial charge in [0.15, 0.2) is 6.10 Å². The highest BCUT2D eigenvalue weighted by atomic mass is 19.1. The smallest absolute Gasteiger partial charge is 0.329 e. The number of nitrogens with one attached hydrogen (secondary N) is 1. The molecule has 1 N–H and O–H groups in total. The zero-order valence-corrected chi connectivity index (χ0v) is 18.5. The van der Waals surface area contributed by atoms with Crippen LogP contribution in [0.15, 0.2) is 24.3 Å². The molecule has 1 aromatic rings. The van der Waals surface area contributed by atoms with Gasteiger partial charge in [-0.15, -0.1) is 0 Å². The van der Waals surface area contributed by atoms with Crippen LogP contribution in [-0.4, -0.2) is 41.4 Å². The lowest BCUT2D eigenvalue weighted by Gasteiger charge is -2.56. The maximum Gasteiger partial charge on any atom is 0.329 e. The second-order valence-electron chi connectivity index (χ2n) is 10.4. The number of hydrogen-bond donors (Lipinski definition) is 1. The second kappa shape index (κ2) is 8.16. The van der Waals surface area contributed by atoms with Crippen LogP contribution in [0.2, 0.25) is 0 Å². The lowest BCUT2D eigenvalue weighted by atomic mass is 9.49. The number of halogens is 1. The number of anilines is 1. The van der Waals surface area contributed by atoms with Crippen LogP contribution in [0, 0.1) is 29.0 Å². The zero-order valence-electron chi connectivity index (χ0n) is 18.5. The Kier molecular flexibility index (Phi) is 5.46. The molecule has 5 aliphatic rings. The highest BCUT2D eigenvalue weighted by Crippen LogP contribution is 2.60. The molecule has 7 heteroatoms. The highest BCUT2D eigenvalue weighted by Gasteiger charge is 2.57. The summed E-state index contributed by atoms with van der Waals surface area (Å²) in [5, 5.41) is 2.46. The maximum atomic E-state index is 13.8. The minimum atomic E-state index is -1.08. The van der Waals surface area contributed by atoms with Crippen LogP contribution >= 0.6 is 0 Å². The third-order valence-electron chi connectivity index (χ3n) is 8.07. The van der Waals surface area contributed by atoms with Crippen LogP contribution in [0.25, 0.3) is 0 Å². The lowest BCUT2D eigenvalue weighted by Crippen LogP contribution is -2.56. The van der Waals surface area contributed by atoms with Crippen LogP contribution in [0.4, 0.5) is 10.1 Å². The van der Waals surface area contributed by atoms with Gasteiger partial charge in [0.05, 0.1) is 11.1 Å². The minimum absolute atomic E-state index is 0.0416. The van der Waals surface area contributed by atoms with Gasteiger partial charge in [-0.05, 0) is 88.2 Å². The quantitative estimate of drug-likeness (QED) is 0.702. The topological polar surface area (TPSA) is 75.7 Å². The predicted octanol–water partition coefficient (Wildman–Crippen LogP) is 3.90. The first-order valence-electron chi connectivity index (χ1n) is 11.9. The molecule has 1 aliphatic heterocycles. The number of carbonyl (C=O) groups is 3. The Morgan fingerprint density at radius 1 is 1.09 bits per heavy atom. The van der Waals surface area contributed by atoms with E-state index in [-0.39, 0.29) is 17.0 Å². The number of ether oxygens (including phenoxy) is 1. The van der Waals surface area contributed by atoms with Gasteiger partial charge in [0, 0.05) is 6.54 Å². The van der Waals surface area contributed by atoms with E-state index in [1.165, 1.54) is 44.4 Å². The predicted molar refractivity (Wildman–Crippen MR) is 116 cm³/mol. The molecule has 0 spiro atoms. The molecular formula is C25H31FN2O4. The summed E-state index contributed by atoms with van der Waals surface area (Å²) >= 11 is 0. The fourth-order valence-corrected chi connectivity index (χ4v) is 7.04. The molecule has 32 heavy (non-hydrogen) atoms. The third-order valence-corrected chi connectivity index (χ3v) is 8.07. The molecule has 4 bridgehead atoms. The summed E-state index contributed by atoms with van der Waals surface area (Å²) < 4.78 is 19.2. The van der Waals surface area contributed by atoms with Gasteiger partial charge in [0.1, 0.15) is 11.9 Å². The van der Waals surface area contributed by atoms with E-state index in [4.69, 9.17) is 4.74 Å². The maximum absolute atomic E-state index is 13.8. The van der Waals surface area contributed by atoms with Gasteiger partial charge in [-0.1, -0.05) is 12.1 Å². The Morgan fingerprint density at radius 3 is 2.34 bits per heavy atom. The second-order valence-corrected chi connectivity index (χ2v) is 10.4. The molecule has 5 fully saturated rings. The number of carbonyl (C=O) groups excluding carboxylic acids is 3. The Morgan fingerprint density at radius 2 is 1.72 bits per heavy atom. The Hall–Kier alpha value is -2.44. The van der Waals surface area contributed by atoms with Crippen LogP contribution in [0.1, 0.15) is 58.3 Å². The van der Waals surface area contributed by atoms with Crippen LogP contribution in [-0.2, 0) is 19.1 Å². The molecule has 2 atom stereocenters. The molecular weight excluding hydrogens is 411 g/mol. The van der Waals surface area contributed by atoms with Crippen molar-refractivity contribution in [3.8, 4) is 0 Å². The van der Waals surface area contributed by atoms with Gasteiger partial charge in [-0.2, -0.15) is 0 Å². The molecule has 6 nitrogen and oxygen atoms in total. The van der Waals surface area contributed by atoms with Crippen LogP contribution < -0.4 is 5.32 Å². The van der Waals surface area contributed by atoms with Crippen molar-refractivity contribution in [1.82, 2.24) is 4.90 Å². The average molecular weight is 443 g/mol. The van der Waals surface area contributed by atoms with Crippen molar-refractivity contribution >= 4 is 23.5 Å². The van der Waals surface area contributed by atoms with E-state index in [9.17, 15) is 18.8 Å². The van der Waals surface area contributed by atoms with Crippen molar-refractivity contribution in [2.45, 2.75) is 70.4 Å². The first kappa shape index (κ1) is 21.4. The SMILES string of the molecule is C[C@@H](OC(=O)[C@H]1CCCN1C(=O)C12CC3CC(CC(C3)C1)C2)C(=O)Nc1ccccc1F. The van der Waals surface area contributed by atoms with Crippen molar-refractivity contribution in [1.29, 1.82) is 0 Å². The normalized spacial score (nSPS) is 33.8. The number of hydrogen-bond acceptors (Lipinski definition) is 4. The summed E-state index contributed by atoms with van der Waals surface area (Å²) in [6.07, 6.45) is 6.87. The van der Waals surface area contributed by atoms with E-state index in [0.717, 1.165) is 25.7 Å². The number of likely N-dealkylation sites (tertiary alicyclic amines) is 1. The average Bonchev–Trinajstić information content (AvgIpc) is 3.23. The molecule has 1 saturated heterocycles. The Balaban J connectivity index is 1.23. The minimum Gasteiger partial charge on any atom is -0.451 e. The number of rotatable bonds is 5. The molecule has 1 heterocycles. The van der Waals surface area contributed by atoms with Crippen molar-refractivity contribution in [3.05, 3.63) is 30.1 Å². The molecule has 1 aromatic carbocycles. The summed E-state index contributed by atoms with van der Waals surface area (Å²) in [5.74, 6) is 0.389. The summed E-state index contributed by atoms with van der Waals surface area (Å²) in [6, 6.07) is 5.20. The van der Waals surface area contributed by atoms with Crippen molar-refractivity contribution in [2.75, 3.05) is 11.9 Å². The number of amides is 2. The van der Waals surface area contributed by atoms with Gasteiger partial charge in [0.2, 0.25) is 5.91 Å². The van der Waals surface area contributed by atoms with E-state index in [2.05, 4.69) is 5.32 Å². The first-order chi connectivity index (χ1) is 15.3. The van der Waals surface area contributed by atoms with Crippen molar-refractivity contribution < 1.29 is 23.5 Å². The molecule has 2 amide bonds.